The normalized spacial score (nSPS) is 17.0. The summed E-state index contributed by atoms with van der Waals surface area (Å²) in [4.78, 5) is 27.0. The van der Waals surface area contributed by atoms with E-state index >= 15 is 0 Å². The largest absolute Gasteiger partial charge is 0.494 e. The lowest BCUT2D eigenvalue weighted by molar-refractivity contribution is 0.00536. The number of carbonyl (C=O) groups excluding carboxylic acids is 1. The summed E-state index contributed by atoms with van der Waals surface area (Å²) in [6.07, 6.45) is 5.86. The van der Waals surface area contributed by atoms with Crippen LogP contribution in [-0.2, 0) is 23.9 Å². The van der Waals surface area contributed by atoms with E-state index in [1.165, 1.54) is 12.7 Å². The number of nitrogens with zero attached hydrogens (tertiary/aromatic N) is 5. The van der Waals surface area contributed by atoms with Gasteiger partial charge >= 0.3 is 0 Å². The summed E-state index contributed by atoms with van der Waals surface area (Å²) in [5.41, 5.74) is 4.65. The minimum atomic E-state index is -1.83. The maximum absolute atomic E-state index is 14.1. The lowest BCUT2D eigenvalue weighted by Gasteiger charge is -2.46. The minimum Gasteiger partial charge on any atom is -0.494 e. The van der Waals surface area contributed by atoms with Crippen molar-refractivity contribution in [3.05, 3.63) is 70.6 Å². The number of halogens is 1. The Morgan fingerprint density at radius 1 is 1.16 bits per heavy atom. The van der Waals surface area contributed by atoms with Crippen molar-refractivity contribution in [3.8, 4) is 5.75 Å². The van der Waals surface area contributed by atoms with E-state index in [9.17, 15) is 9.18 Å². The molecule has 1 saturated heterocycles. The standard InChI is InChI=1S/C32H45FN6O3Si/c1-21(28-15-29(41-6)27(33)16-36-28)39-11-9-25-23(18-37-19-24(20-37)42-43(7,8)32(2,3)4)13-22(14-26(25)30(39)40)17-38-12-10-35-31(38)34-5/h10,12-16,21,24H,9,11,17-20H2,1-8H3,(H,34,35). The first-order chi connectivity index (χ1) is 20.3. The van der Waals surface area contributed by atoms with E-state index in [4.69, 9.17) is 9.16 Å². The molecule has 1 fully saturated rings. The fraction of sp³-hybridized carbons (Fsp3) is 0.531. The monoisotopic (exact) mass is 608 g/mol. The quantitative estimate of drug-likeness (QED) is 0.305. The Balaban J connectivity index is 1.40. The first-order valence-corrected chi connectivity index (χ1v) is 18.0. The smallest absolute Gasteiger partial charge is 0.254 e. The molecule has 1 atom stereocenters. The van der Waals surface area contributed by atoms with Gasteiger partial charge in [-0.1, -0.05) is 26.8 Å². The summed E-state index contributed by atoms with van der Waals surface area (Å²) in [6, 6.07) is 5.52. The number of hydrogen-bond acceptors (Lipinski definition) is 7. The Morgan fingerprint density at radius 2 is 1.91 bits per heavy atom. The van der Waals surface area contributed by atoms with E-state index in [-0.39, 0.29) is 28.8 Å². The number of pyridine rings is 1. The van der Waals surface area contributed by atoms with Crippen molar-refractivity contribution in [2.75, 3.05) is 39.1 Å². The highest BCUT2D eigenvalue weighted by atomic mass is 28.4. The maximum Gasteiger partial charge on any atom is 0.254 e. The molecule has 11 heteroatoms. The molecule has 0 saturated carbocycles. The SMILES string of the molecule is CNc1nccn1Cc1cc(CN2CC(O[Si](C)(C)C(C)(C)C)C2)c2c(c1)C(=O)N(C(C)c1cc(OC)c(F)cn1)CC2. The van der Waals surface area contributed by atoms with Gasteiger partial charge in [0.05, 0.1) is 37.7 Å². The number of anilines is 1. The highest BCUT2D eigenvalue weighted by Gasteiger charge is 2.42. The van der Waals surface area contributed by atoms with Gasteiger partial charge in [-0.2, -0.15) is 0 Å². The molecule has 43 heavy (non-hydrogen) atoms. The molecule has 1 N–H and O–H groups in total. The molecule has 0 bridgehead atoms. The van der Waals surface area contributed by atoms with Crippen molar-refractivity contribution in [1.82, 2.24) is 24.3 Å². The fourth-order valence-electron chi connectivity index (χ4n) is 5.78. The van der Waals surface area contributed by atoms with Crippen molar-refractivity contribution in [2.45, 2.75) is 77.5 Å². The second-order valence-corrected chi connectivity index (χ2v) is 18.0. The molecule has 2 aromatic heterocycles. The Kier molecular flexibility index (Phi) is 8.70. The van der Waals surface area contributed by atoms with Crippen molar-refractivity contribution in [1.29, 1.82) is 0 Å². The van der Waals surface area contributed by atoms with Crippen LogP contribution in [0.15, 0.2) is 36.8 Å². The molecule has 9 nitrogen and oxygen atoms in total. The highest BCUT2D eigenvalue weighted by Crippen LogP contribution is 2.39. The summed E-state index contributed by atoms with van der Waals surface area (Å²) in [7, 11) is 1.45. The molecule has 0 aliphatic carbocycles. The third kappa shape index (κ3) is 6.34. The Labute approximate surface area is 255 Å². The van der Waals surface area contributed by atoms with Gasteiger partial charge in [0.15, 0.2) is 19.9 Å². The lowest BCUT2D eigenvalue weighted by atomic mass is 9.89. The fourth-order valence-corrected chi connectivity index (χ4v) is 7.11. The molecular formula is C32H45FN6O3Si. The Bertz CT molecular complexity index is 1480. The van der Waals surface area contributed by atoms with Crippen LogP contribution in [0.2, 0.25) is 18.1 Å². The molecule has 1 aromatic carbocycles. The van der Waals surface area contributed by atoms with Crippen LogP contribution in [0.5, 0.6) is 5.75 Å². The number of methoxy groups -OCH3 is 1. The highest BCUT2D eigenvalue weighted by molar-refractivity contribution is 6.74. The van der Waals surface area contributed by atoms with Gasteiger partial charge in [0.2, 0.25) is 5.95 Å². The molecular weight excluding hydrogens is 563 g/mol. The Morgan fingerprint density at radius 3 is 2.58 bits per heavy atom. The second kappa shape index (κ2) is 12.0. The van der Waals surface area contributed by atoms with Gasteiger partial charge in [-0.25, -0.2) is 9.37 Å². The van der Waals surface area contributed by atoms with E-state index < -0.39 is 14.1 Å². The topological polar surface area (TPSA) is 84.8 Å². The zero-order valence-electron chi connectivity index (χ0n) is 26.7. The Hall–Kier alpha value is -3.28. The van der Waals surface area contributed by atoms with Crippen LogP contribution in [0.3, 0.4) is 0 Å². The number of amides is 1. The summed E-state index contributed by atoms with van der Waals surface area (Å²) in [5, 5.41) is 3.31. The third-order valence-electron chi connectivity index (χ3n) is 9.33. The average molecular weight is 609 g/mol. The summed E-state index contributed by atoms with van der Waals surface area (Å²) in [5.74, 6) is 0.332. The van der Waals surface area contributed by atoms with Gasteiger partial charge in [0, 0.05) is 57.3 Å². The van der Waals surface area contributed by atoms with Crippen LogP contribution < -0.4 is 10.1 Å². The number of hydrogen-bond donors (Lipinski definition) is 1. The van der Waals surface area contributed by atoms with Crippen molar-refractivity contribution in [3.63, 3.8) is 0 Å². The summed E-state index contributed by atoms with van der Waals surface area (Å²) < 4.78 is 27.9. The number of rotatable bonds is 10. The van der Waals surface area contributed by atoms with E-state index in [1.807, 2.05) is 35.7 Å². The molecule has 0 radical (unpaired) electrons. The number of likely N-dealkylation sites (tertiary alicyclic amines) is 1. The lowest BCUT2D eigenvalue weighted by Crippen LogP contribution is -2.57. The molecule has 5 rings (SSSR count). The maximum atomic E-state index is 14.1. The number of nitrogens with one attached hydrogen (secondary N) is 1. The molecule has 1 amide bonds. The van der Waals surface area contributed by atoms with Crippen molar-refractivity contribution in [2.24, 2.45) is 0 Å². The predicted octanol–water partition coefficient (Wildman–Crippen LogP) is 5.48. The molecule has 0 spiro atoms. The second-order valence-electron chi connectivity index (χ2n) is 13.3. The first-order valence-electron chi connectivity index (χ1n) is 15.1. The van der Waals surface area contributed by atoms with Crippen LogP contribution >= 0.6 is 0 Å². The van der Waals surface area contributed by atoms with Crippen LogP contribution in [0.1, 0.15) is 66.5 Å². The number of aromatic nitrogens is 3. The number of imidazole rings is 1. The number of carbonyl (C=O) groups is 1. The van der Waals surface area contributed by atoms with Crippen LogP contribution in [-0.4, -0.2) is 78.5 Å². The molecule has 1 unspecified atom stereocenters. The van der Waals surface area contributed by atoms with Crippen molar-refractivity contribution < 1.29 is 18.3 Å². The van der Waals surface area contributed by atoms with E-state index in [0.29, 0.717) is 18.8 Å². The van der Waals surface area contributed by atoms with Gasteiger partial charge in [-0.3, -0.25) is 14.7 Å². The van der Waals surface area contributed by atoms with Gasteiger partial charge < -0.3 is 23.9 Å². The van der Waals surface area contributed by atoms with Gasteiger partial charge in [-0.05, 0) is 54.2 Å². The first kappa shape index (κ1) is 31.2. The zero-order valence-corrected chi connectivity index (χ0v) is 27.7. The molecule has 4 heterocycles. The van der Waals surface area contributed by atoms with Gasteiger partial charge in [0.25, 0.3) is 5.91 Å². The van der Waals surface area contributed by atoms with E-state index in [1.54, 1.807) is 12.3 Å². The summed E-state index contributed by atoms with van der Waals surface area (Å²) in [6.45, 7) is 17.1. The van der Waals surface area contributed by atoms with E-state index in [2.05, 4.69) is 60.1 Å². The average Bonchev–Trinajstić information content (AvgIpc) is 3.38. The predicted molar refractivity (Wildman–Crippen MR) is 169 cm³/mol. The molecule has 3 aromatic rings. The molecule has 232 valence electrons. The molecule has 2 aliphatic heterocycles. The van der Waals surface area contributed by atoms with Gasteiger partial charge in [0.1, 0.15) is 0 Å². The molecule has 2 aliphatic rings. The van der Waals surface area contributed by atoms with Gasteiger partial charge in [-0.15, -0.1) is 0 Å². The van der Waals surface area contributed by atoms with Crippen molar-refractivity contribution >= 4 is 20.2 Å². The van der Waals surface area contributed by atoms with E-state index in [0.717, 1.165) is 54.9 Å². The summed E-state index contributed by atoms with van der Waals surface area (Å²) >= 11 is 0. The van der Waals surface area contributed by atoms with Crippen LogP contribution in [0, 0.1) is 5.82 Å². The number of benzene rings is 1. The van der Waals surface area contributed by atoms with Crippen LogP contribution in [0.4, 0.5) is 10.3 Å². The van der Waals surface area contributed by atoms with Crippen LogP contribution in [0.25, 0.3) is 0 Å². The number of ether oxygens (including phenoxy) is 1. The number of fused-ring (bicyclic) bond motifs is 1. The minimum absolute atomic E-state index is 0.0378. The zero-order chi connectivity index (χ0) is 31.1. The third-order valence-corrected chi connectivity index (χ3v) is 13.9.